The predicted octanol–water partition coefficient (Wildman–Crippen LogP) is 4.90. The molecule has 2 N–H and O–H groups in total. The monoisotopic (exact) mass is 435 g/mol. The third kappa shape index (κ3) is 6.09. The minimum absolute atomic E-state index is 0.107. The van der Waals surface area contributed by atoms with Crippen molar-refractivity contribution in [2.45, 2.75) is 31.7 Å². The van der Waals surface area contributed by atoms with E-state index in [9.17, 15) is 4.79 Å². The number of thiocarbonyl (C=S) groups is 1. The number of carbonyl (C=O) groups excluding carboxylic acids is 1. The fraction of sp³-hybridized carbons (Fsp3) is 0.333. The Balaban J connectivity index is 1.41. The summed E-state index contributed by atoms with van der Waals surface area (Å²) < 4.78 is 0. The van der Waals surface area contributed by atoms with Crippen molar-refractivity contribution in [1.29, 1.82) is 0 Å². The van der Waals surface area contributed by atoms with Gasteiger partial charge in [-0.05, 0) is 55.2 Å². The van der Waals surface area contributed by atoms with E-state index in [1.54, 1.807) is 12.1 Å². The van der Waals surface area contributed by atoms with Gasteiger partial charge >= 0.3 is 0 Å². The molecule has 1 amide bonds. The number of carbonyl (C=O) groups is 1. The maximum Gasteiger partial charge on any atom is 0.220 e. The number of nitrogens with zero attached hydrogens (tertiary/aromatic N) is 1. The molecule has 4 nitrogen and oxygen atoms in total. The molecule has 2 aromatic carbocycles. The Morgan fingerprint density at radius 1 is 1.11 bits per heavy atom. The summed E-state index contributed by atoms with van der Waals surface area (Å²) in [6.45, 7) is 1.58. The van der Waals surface area contributed by atoms with Gasteiger partial charge in [-0.3, -0.25) is 4.79 Å². The number of anilines is 1. The Kier molecular flexibility index (Phi) is 7.54. The topological polar surface area (TPSA) is 44.4 Å². The number of rotatable bonds is 5. The van der Waals surface area contributed by atoms with Crippen molar-refractivity contribution in [2.75, 3.05) is 18.4 Å². The largest absolute Gasteiger partial charge is 0.353 e. The van der Waals surface area contributed by atoms with Crippen LogP contribution < -0.4 is 10.6 Å². The molecule has 0 aromatic heterocycles. The van der Waals surface area contributed by atoms with Gasteiger partial charge in [-0.1, -0.05) is 53.5 Å². The highest BCUT2D eigenvalue weighted by molar-refractivity contribution is 7.80. The highest BCUT2D eigenvalue weighted by atomic mass is 35.5. The summed E-state index contributed by atoms with van der Waals surface area (Å²) in [5.74, 6) is 0.107. The molecular weight excluding hydrogens is 413 g/mol. The summed E-state index contributed by atoms with van der Waals surface area (Å²) in [5.41, 5.74) is 1.93. The van der Waals surface area contributed by atoms with Crippen LogP contribution in [0.3, 0.4) is 0 Å². The standard InChI is InChI=1S/C21H23Cl2N3OS/c22-16-7-8-19(18(23)14-16)25-21(28)26-12-10-17(11-13-26)24-20(27)9-6-15-4-2-1-3-5-15/h1-5,7-8,14,17H,6,9-13H2,(H,24,27)(H,25,28). The molecule has 0 radical (unpaired) electrons. The van der Waals surface area contributed by atoms with Crippen LogP contribution in [0.1, 0.15) is 24.8 Å². The van der Waals surface area contributed by atoms with Crippen molar-refractivity contribution in [3.8, 4) is 0 Å². The van der Waals surface area contributed by atoms with E-state index in [0.29, 0.717) is 21.6 Å². The van der Waals surface area contributed by atoms with Crippen LogP contribution >= 0.6 is 35.4 Å². The predicted molar refractivity (Wildman–Crippen MR) is 120 cm³/mol. The van der Waals surface area contributed by atoms with Gasteiger partial charge in [0.1, 0.15) is 0 Å². The minimum Gasteiger partial charge on any atom is -0.353 e. The third-order valence-corrected chi connectivity index (χ3v) is 5.71. The van der Waals surface area contributed by atoms with Crippen molar-refractivity contribution >= 4 is 52.1 Å². The van der Waals surface area contributed by atoms with Gasteiger partial charge in [-0.2, -0.15) is 0 Å². The van der Waals surface area contributed by atoms with E-state index < -0.39 is 0 Å². The number of piperidine rings is 1. The highest BCUT2D eigenvalue weighted by Crippen LogP contribution is 2.26. The fourth-order valence-corrected chi connectivity index (χ4v) is 3.96. The number of aryl methyl sites for hydroxylation is 1. The van der Waals surface area contributed by atoms with Crippen LogP contribution in [0.2, 0.25) is 10.0 Å². The quantitative estimate of drug-likeness (QED) is 0.655. The molecule has 0 saturated carbocycles. The molecule has 7 heteroatoms. The molecule has 2 aromatic rings. The molecule has 0 spiro atoms. The van der Waals surface area contributed by atoms with Crippen molar-refractivity contribution in [1.82, 2.24) is 10.2 Å². The number of nitrogens with one attached hydrogen (secondary N) is 2. The Hall–Kier alpha value is -1.82. The minimum atomic E-state index is 0.107. The number of hydrogen-bond acceptors (Lipinski definition) is 2. The lowest BCUT2D eigenvalue weighted by atomic mass is 10.0. The van der Waals surface area contributed by atoms with E-state index >= 15 is 0 Å². The Labute approximate surface area is 181 Å². The van der Waals surface area contributed by atoms with Gasteiger partial charge < -0.3 is 15.5 Å². The third-order valence-electron chi connectivity index (χ3n) is 4.80. The molecule has 148 valence electrons. The molecule has 1 saturated heterocycles. The number of benzene rings is 2. The summed E-state index contributed by atoms with van der Waals surface area (Å²) in [4.78, 5) is 14.3. The van der Waals surface area contributed by atoms with E-state index in [0.717, 1.165) is 38.0 Å². The average molecular weight is 436 g/mol. The summed E-state index contributed by atoms with van der Waals surface area (Å²) in [6, 6.07) is 15.5. The van der Waals surface area contributed by atoms with Gasteiger partial charge in [0.2, 0.25) is 5.91 Å². The number of halogens is 2. The molecular formula is C21H23Cl2N3OS. The van der Waals surface area contributed by atoms with Crippen molar-refractivity contribution < 1.29 is 4.79 Å². The van der Waals surface area contributed by atoms with E-state index in [1.807, 2.05) is 36.4 Å². The van der Waals surface area contributed by atoms with Gasteiger partial charge in [-0.25, -0.2) is 0 Å². The van der Waals surface area contributed by atoms with Gasteiger partial charge in [-0.15, -0.1) is 0 Å². The first-order valence-electron chi connectivity index (χ1n) is 9.35. The lowest BCUT2D eigenvalue weighted by molar-refractivity contribution is -0.122. The first kappa shape index (κ1) is 20.9. The number of likely N-dealkylation sites (tertiary alicyclic amines) is 1. The van der Waals surface area contributed by atoms with E-state index in [-0.39, 0.29) is 11.9 Å². The van der Waals surface area contributed by atoms with Crippen LogP contribution in [0.4, 0.5) is 5.69 Å². The normalized spacial score (nSPS) is 14.6. The summed E-state index contributed by atoms with van der Waals surface area (Å²) in [7, 11) is 0. The molecule has 1 aliphatic rings. The first-order chi connectivity index (χ1) is 13.5. The fourth-order valence-electron chi connectivity index (χ4n) is 3.21. The molecule has 0 unspecified atom stereocenters. The van der Waals surface area contributed by atoms with E-state index in [4.69, 9.17) is 35.4 Å². The Morgan fingerprint density at radius 2 is 1.82 bits per heavy atom. The van der Waals surface area contributed by atoms with Gasteiger partial charge in [0, 0.05) is 30.6 Å². The zero-order valence-electron chi connectivity index (χ0n) is 15.5. The lowest BCUT2D eigenvalue weighted by Crippen LogP contribution is -2.47. The maximum absolute atomic E-state index is 12.2. The molecule has 1 heterocycles. The second-order valence-corrected chi connectivity index (χ2v) is 8.10. The molecule has 0 atom stereocenters. The zero-order chi connectivity index (χ0) is 19.9. The number of amides is 1. The van der Waals surface area contributed by atoms with E-state index in [2.05, 4.69) is 15.5 Å². The van der Waals surface area contributed by atoms with Crippen LogP contribution in [-0.4, -0.2) is 35.1 Å². The Morgan fingerprint density at radius 3 is 2.50 bits per heavy atom. The summed E-state index contributed by atoms with van der Waals surface area (Å²) in [5, 5.41) is 8.09. The van der Waals surface area contributed by atoms with Crippen LogP contribution in [0, 0.1) is 0 Å². The van der Waals surface area contributed by atoms with Crippen molar-refractivity contribution in [3.05, 3.63) is 64.1 Å². The smallest absolute Gasteiger partial charge is 0.220 e. The molecule has 0 aliphatic carbocycles. The van der Waals surface area contributed by atoms with Crippen LogP contribution in [0.15, 0.2) is 48.5 Å². The number of hydrogen-bond donors (Lipinski definition) is 2. The molecule has 1 fully saturated rings. The first-order valence-corrected chi connectivity index (χ1v) is 10.5. The lowest BCUT2D eigenvalue weighted by Gasteiger charge is -2.34. The summed E-state index contributed by atoms with van der Waals surface area (Å²) >= 11 is 17.6. The molecule has 3 rings (SSSR count). The Bertz CT molecular complexity index is 824. The van der Waals surface area contributed by atoms with Crippen LogP contribution in [-0.2, 0) is 11.2 Å². The van der Waals surface area contributed by atoms with Crippen LogP contribution in [0.5, 0.6) is 0 Å². The van der Waals surface area contributed by atoms with Gasteiger partial charge in [0.15, 0.2) is 5.11 Å². The van der Waals surface area contributed by atoms with E-state index in [1.165, 1.54) is 5.56 Å². The second kappa shape index (κ2) is 10.1. The molecule has 28 heavy (non-hydrogen) atoms. The van der Waals surface area contributed by atoms with Crippen LogP contribution in [0.25, 0.3) is 0 Å². The second-order valence-electron chi connectivity index (χ2n) is 6.87. The maximum atomic E-state index is 12.2. The average Bonchev–Trinajstić information content (AvgIpc) is 2.70. The van der Waals surface area contributed by atoms with Crippen molar-refractivity contribution in [2.24, 2.45) is 0 Å². The highest BCUT2D eigenvalue weighted by Gasteiger charge is 2.22. The molecule has 1 aliphatic heterocycles. The zero-order valence-corrected chi connectivity index (χ0v) is 17.8. The van der Waals surface area contributed by atoms with Gasteiger partial charge in [0.25, 0.3) is 0 Å². The SMILES string of the molecule is O=C(CCc1ccccc1)NC1CCN(C(=S)Nc2ccc(Cl)cc2Cl)CC1. The van der Waals surface area contributed by atoms with Crippen molar-refractivity contribution in [3.63, 3.8) is 0 Å². The summed E-state index contributed by atoms with van der Waals surface area (Å²) in [6.07, 6.45) is 3.02. The molecule has 0 bridgehead atoms. The van der Waals surface area contributed by atoms with Gasteiger partial charge in [0.05, 0.1) is 10.7 Å².